The molecule has 0 spiro atoms. The van der Waals surface area contributed by atoms with Gasteiger partial charge in [0.05, 0.1) is 4.90 Å². The topological polar surface area (TPSA) is 46.2 Å². The molecule has 1 N–H and O–H groups in total. The first-order valence-electron chi connectivity index (χ1n) is 8.64. The lowest BCUT2D eigenvalue weighted by Crippen LogP contribution is -2.29. The van der Waals surface area contributed by atoms with Crippen LogP contribution in [0.3, 0.4) is 0 Å². The molecular formula is C19H33NO2S. The molecule has 3 nitrogen and oxygen atoms in total. The maximum atomic E-state index is 13.0. The Labute approximate surface area is 142 Å². The molecule has 132 valence electrons. The average Bonchev–Trinajstić information content (AvgIpc) is 2.43. The van der Waals surface area contributed by atoms with Gasteiger partial charge in [0.15, 0.2) is 0 Å². The van der Waals surface area contributed by atoms with Crippen molar-refractivity contribution in [2.75, 3.05) is 6.54 Å². The first-order valence-corrected chi connectivity index (χ1v) is 10.1. The van der Waals surface area contributed by atoms with Gasteiger partial charge in [-0.1, -0.05) is 67.5 Å². The number of rotatable bonds is 7. The second kappa shape index (κ2) is 7.80. The Morgan fingerprint density at radius 3 is 1.57 bits per heavy atom. The van der Waals surface area contributed by atoms with Crippen molar-refractivity contribution >= 4 is 10.0 Å². The van der Waals surface area contributed by atoms with Gasteiger partial charge in [-0.3, -0.25) is 0 Å². The maximum Gasteiger partial charge on any atom is 0.241 e. The molecule has 0 bridgehead atoms. The normalized spacial score (nSPS) is 12.9. The molecule has 0 aliphatic carbocycles. The monoisotopic (exact) mass is 339 g/mol. The van der Waals surface area contributed by atoms with E-state index in [0.29, 0.717) is 17.4 Å². The highest BCUT2D eigenvalue weighted by Gasteiger charge is 2.26. The van der Waals surface area contributed by atoms with E-state index in [0.717, 1.165) is 11.1 Å². The van der Waals surface area contributed by atoms with E-state index in [1.54, 1.807) is 0 Å². The van der Waals surface area contributed by atoms with Crippen molar-refractivity contribution in [1.29, 1.82) is 0 Å². The first-order chi connectivity index (χ1) is 10.5. The van der Waals surface area contributed by atoms with Gasteiger partial charge in [-0.15, -0.1) is 0 Å². The van der Waals surface area contributed by atoms with Gasteiger partial charge >= 0.3 is 0 Å². The molecule has 23 heavy (non-hydrogen) atoms. The van der Waals surface area contributed by atoms with Gasteiger partial charge in [-0.2, -0.15) is 0 Å². The van der Waals surface area contributed by atoms with Gasteiger partial charge in [0.25, 0.3) is 0 Å². The van der Waals surface area contributed by atoms with E-state index in [4.69, 9.17) is 0 Å². The summed E-state index contributed by atoms with van der Waals surface area (Å²) in [6.07, 6.45) is 0. The number of nitrogens with one attached hydrogen (secondary N) is 1. The lowest BCUT2D eigenvalue weighted by molar-refractivity contribution is 0.556. The molecule has 0 atom stereocenters. The molecule has 0 amide bonds. The van der Waals surface area contributed by atoms with Crippen LogP contribution in [-0.4, -0.2) is 15.0 Å². The smallest absolute Gasteiger partial charge is 0.211 e. The molecule has 1 aromatic rings. The van der Waals surface area contributed by atoms with Gasteiger partial charge in [0.2, 0.25) is 10.0 Å². The molecule has 0 saturated carbocycles. The van der Waals surface area contributed by atoms with Gasteiger partial charge in [0.1, 0.15) is 0 Å². The van der Waals surface area contributed by atoms with Crippen LogP contribution in [-0.2, 0) is 10.0 Å². The molecule has 0 aliphatic heterocycles. The van der Waals surface area contributed by atoms with Crippen molar-refractivity contribution in [3.63, 3.8) is 0 Å². The van der Waals surface area contributed by atoms with E-state index >= 15 is 0 Å². The fraction of sp³-hybridized carbons (Fsp3) is 0.684. The van der Waals surface area contributed by atoms with Crippen molar-refractivity contribution in [2.24, 2.45) is 5.92 Å². The summed E-state index contributed by atoms with van der Waals surface area (Å²) in [5, 5.41) is 0. The quantitative estimate of drug-likeness (QED) is 0.760. The van der Waals surface area contributed by atoms with E-state index in [2.05, 4.69) is 58.4 Å². The summed E-state index contributed by atoms with van der Waals surface area (Å²) in [5.41, 5.74) is 3.06. The minimum Gasteiger partial charge on any atom is -0.211 e. The highest BCUT2D eigenvalue weighted by Crippen LogP contribution is 2.34. The lowest BCUT2D eigenvalue weighted by atomic mass is 9.89. The minimum atomic E-state index is -3.50. The molecule has 0 aliphatic rings. The van der Waals surface area contributed by atoms with Crippen LogP contribution < -0.4 is 4.72 Å². The standard InChI is InChI=1S/C19H33NO2S/c1-12(2)11-20-23(21,22)19-17(14(5)6)9-16(13(3)4)10-18(19)15(7)8/h9-10,12-15,20H,11H2,1-8H3. The van der Waals surface area contributed by atoms with Gasteiger partial charge in [0, 0.05) is 6.54 Å². The maximum absolute atomic E-state index is 13.0. The van der Waals surface area contributed by atoms with Crippen LogP contribution in [0.5, 0.6) is 0 Å². The van der Waals surface area contributed by atoms with Gasteiger partial charge < -0.3 is 0 Å². The summed E-state index contributed by atoms with van der Waals surface area (Å²) < 4.78 is 28.7. The Bertz CT molecular complexity index is 600. The third-order valence-electron chi connectivity index (χ3n) is 4.03. The fourth-order valence-corrected chi connectivity index (χ4v) is 4.46. The molecule has 0 heterocycles. The Hall–Kier alpha value is -0.870. The fourth-order valence-electron chi connectivity index (χ4n) is 2.55. The predicted octanol–water partition coefficient (Wildman–Crippen LogP) is 4.99. The zero-order chi connectivity index (χ0) is 17.9. The van der Waals surface area contributed by atoms with E-state index in [9.17, 15) is 8.42 Å². The Morgan fingerprint density at radius 2 is 1.26 bits per heavy atom. The van der Waals surface area contributed by atoms with E-state index in [1.165, 1.54) is 5.56 Å². The van der Waals surface area contributed by atoms with Crippen molar-refractivity contribution in [1.82, 2.24) is 4.72 Å². The van der Waals surface area contributed by atoms with E-state index in [1.807, 2.05) is 13.8 Å². The predicted molar refractivity (Wildman–Crippen MR) is 98.7 cm³/mol. The Kier molecular flexibility index (Phi) is 6.84. The highest BCUT2D eigenvalue weighted by atomic mass is 32.2. The molecule has 1 rings (SSSR count). The zero-order valence-corrected chi connectivity index (χ0v) is 16.7. The third-order valence-corrected chi connectivity index (χ3v) is 5.59. The summed E-state index contributed by atoms with van der Waals surface area (Å²) in [4.78, 5) is 0.493. The molecule has 4 heteroatoms. The first kappa shape index (κ1) is 20.2. The summed E-state index contributed by atoms with van der Waals surface area (Å²) in [5.74, 6) is 0.990. The van der Waals surface area contributed by atoms with Crippen molar-refractivity contribution < 1.29 is 8.42 Å². The molecule has 0 aromatic heterocycles. The largest absolute Gasteiger partial charge is 0.241 e. The minimum absolute atomic E-state index is 0.164. The molecule has 0 radical (unpaired) electrons. The Balaban J connectivity index is 3.61. The molecule has 0 fully saturated rings. The summed E-state index contributed by atoms with van der Waals surface area (Å²) in [6.45, 7) is 17.0. The van der Waals surface area contributed by atoms with Crippen LogP contribution in [0.1, 0.15) is 89.8 Å². The number of sulfonamides is 1. The van der Waals surface area contributed by atoms with Crippen molar-refractivity contribution in [2.45, 2.75) is 78.0 Å². The Morgan fingerprint density at radius 1 is 0.826 bits per heavy atom. The highest BCUT2D eigenvalue weighted by molar-refractivity contribution is 7.89. The van der Waals surface area contributed by atoms with Gasteiger partial charge in [-0.05, 0) is 40.4 Å². The van der Waals surface area contributed by atoms with Crippen LogP contribution in [0.15, 0.2) is 17.0 Å². The molecule has 0 saturated heterocycles. The lowest BCUT2D eigenvalue weighted by Gasteiger charge is -2.23. The molecular weight excluding hydrogens is 306 g/mol. The van der Waals surface area contributed by atoms with Crippen LogP contribution in [0.4, 0.5) is 0 Å². The average molecular weight is 340 g/mol. The number of benzene rings is 1. The summed E-state index contributed by atoms with van der Waals surface area (Å²) >= 11 is 0. The number of hydrogen-bond donors (Lipinski definition) is 1. The second-order valence-corrected chi connectivity index (χ2v) is 9.44. The van der Waals surface area contributed by atoms with Crippen molar-refractivity contribution in [3.8, 4) is 0 Å². The summed E-state index contributed by atoms with van der Waals surface area (Å²) in [6, 6.07) is 4.15. The van der Waals surface area contributed by atoms with E-state index in [-0.39, 0.29) is 17.8 Å². The van der Waals surface area contributed by atoms with Crippen LogP contribution in [0.25, 0.3) is 0 Å². The SMILES string of the molecule is CC(C)CNS(=O)(=O)c1c(C(C)C)cc(C(C)C)cc1C(C)C. The third kappa shape index (κ3) is 5.05. The second-order valence-electron chi connectivity index (χ2n) is 7.74. The van der Waals surface area contributed by atoms with Crippen LogP contribution in [0, 0.1) is 5.92 Å². The van der Waals surface area contributed by atoms with Gasteiger partial charge in [-0.25, -0.2) is 13.1 Å². The molecule has 1 aromatic carbocycles. The van der Waals surface area contributed by atoms with Crippen LogP contribution in [0.2, 0.25) is 0 Å². The summed E-state index contributed by atoms with van der Waals surface area (Å²) in [7, 11) is -3.50. The number of hydrogen-bond acceptors (Lipinski definition) is 2. The molecule has 0 unspecified atom stereocenters. The van der Waals surface area contributed by atoms with E-state index < -0.39 is 10.0 Å². The van der Waals surface area contributed by atoms with Crippen molar-refractivity contribution in [3.05, 3.63) is 28.8 Å². The zero-order valence-electron chi connectivity index (χ0n) is 15.9. The van der Waals surface area contributed by atoms with Crippen LogP contribution >= 0.6 is 0 Å².